The first-order valence-electron chi connectivity index (χ1n) is 5.00. The third-order valence-electron chi connectivity index (χ3n) is 2.11. The third kappa shape index (κ3) is 2.80. The van der Waals surface area contributed by atoms with Crippen molar-refractivity contribution in [3.8, 4) is 0 Å². The van der Waals surface area contributed by atoms with Crippen LogP contribution < -0.4 is 5.32 Å². The molecule has 78 valence electrons. The number of aromatic nitrogens is 3. The van der Waals surface area contributed by atoms with Crippen LogP contribution in [0, 0.1) is 6.92 Å². The molecule has 2 heterocycles. The van der Waals surface area contributed by atoms with Gasteiger partial charge in [0.25, 0.3) is 0 Å². The highest BCUT2D eigenvalue weighted by Crippen LogP contribution is 2.03. The minimum absolute atomic E-state index is 0.837. The van der Waals surface area contributed by atoms with Crippen molar-refractivity contribution in [2.75, 3.05) is 11.9 Å². The summed E-state index contributed by atoms with van der Waals surface area (Å²) in [5.74, 6) is 1.91. The summed E-state index contributed by atoms with van der Waals surface area (Å²) >= 11 is 0. The average molecular weight is 202 g/mol. The zero-order chi connectivity index (χ0) is 10.5. The Morgan fingerprint density at radius 3 is 3.07 bits per heavy atom. The van der Waals surface area contributed by atoms with Gasteiger partial charge in [-0.1, -0.05) is 6.07 Å². The monoisotopic (exact) mass is 202 g/mol. The molecule has 0 spiro atoms. The number of aromatic amines is 1. The van der Waals surface area contributed by atoms with Crippen molar-refractivity contribution in [2.45, 2.75) is 13.3 Å². The van der Waals surface area contributed by atoms with Crippen LogP contribution in [0.5, 0.6) is 0 Å². The first-order valence-corrected chi connectivity index (χ1v) is 5.00. The minimum atomic E-state index is 0.837. The molecule has 2 N–H and O–H groups in total. The van der Waals surface area contributed by atoms with E-state index in [2.05, 4.69) is 20.3 Å². The maximum atomic E-state index is 4.35. The Morgan fingerprint density at radius 1 is 1.40 bits per heavy atom. The lowest BCUT2D eigenvalue weighted by Gasteiger charge is -2.04. The van der Waals surface area contributed by atoms with E-state index in [4.69, 9.17) is 0 Å². The molecule has 0 fully saturated rings. The molecular weight excluding hydrogens is 188 g/mol. The van der Waals surface area contributed by atoms with Crippen molar-refractivity contribution in [1.29, 1.82) is 0 Å². The van der Waals surface area contributed by atoms with E-state index in [1.54, 1.807) is 6.20 Å². The van der Waals surface area contributed by atoms with Crippen molar-refractivity contribution in [1.82, 2.24) is 15.0 Å². The largest absolute Gasteiger partial charge is 0.370 e. The molecule has 0 aromatic carbocycles. The van der Waals surface area contributed by atoms with E-state index < -0.39 is 0 Å². The number of rotatable bonds is 4. The van der Waals surface area contributed by atoms with Crippen LogP contribution in [-0.4, -0.2) is 21.5 Å². The molecule has 2 aromatic heterocycles. The van der Waals surface area contributed by atoms with E-state index in [1.165, 1.54) is 0 Å². The van der Waals surface area contributed by atoms with Gasteiger partial charge in [-0.3, -0.25) is 0 Å². The predicted octanol–water partition coefficient (Wildman–Crippen LogP) is 1.77. The Labute approximate surface area is 88.8 Å². The van der Waals surface area contributed by atoms with Gasteiger partial charge in [-0.15, -0.1) is 0 Å². The molecule has 0 saturated heterocycles. The van der Waals surface area contributed by atoms with Crippen molar-refractivity contribution >= 4 is 5.82 Å². The van der Waals surface area contributed by atoms with Gasteiger partial charge in [0.1, 0.15) is 11.6 Å². The minimum Gasteiger partial charge on any atom is -0.370 e. The lowest BCUT2D eigenvalue weighted by molar-refractivity contribution is 0.920. The van der Waals surface area contributed by atoms with Crippen LogP contribution in [0.4, 0.5) is 5.82 Å². The fourth-order valence-electron chi connectivity index (χ4n) is 1.39. The van der Waals surface area contributed by atoms with Crippen LogP contribution in [0.1, 0.15) is 11.5 Å². The van der Waals surface area contributed by atoms with Crippen LogP contribution in [0.3, 0.4) is 0 Å². The lowest BCUT2D eigenvalue weighted by Crippen LogP contribution is -2.07. The maximum absolute atomic E-state index is 4.35. The van der Waals surface area contributed by atoms with Crippen LogP contribution in [0.25, 0.3) is 0 Å². The number of anilines is 1. The zero-order valence-corrected chi connectivity index (χ0v) is 8.70. The van der Waals surface area contributed by atoms with Crippen LogP contribution in [0.15, 0.2) is 30.6 Å². The van der Waals surface area contributed by atoms with E-state index in [9.17, 15) is 0 Å². The first kappa shape index (κ1) is 9.71. The molecule has 4 heteroatoms. The number of hydrogen-bond acceptors (Lipinski definition) is 3. The molecule has 0 aliphatic carbocycles. The summed E-state index contributed by atoms with van der Waals surface area (Å²) in [6.07, 6.45) is 4.48. The summed E-state index contributed by atoms with van der Waals surface area (Å²) in [6.45, 7) is 2.82. The summed E-state index contributed by atoms with van der Waals surface area (Å²) in [5.41, 5.74) is 1.03. The standard InChI is InChI=1S/C11H14N4/c1-9-3-2-4-11(15-9)12-6-5-10-13-7-8-14-10/h2-4,7-8H,5-6H2,1H3,(H,12,15)(H,13,14). The lowest BCUT2D eigenvalue weighted by atomic mass is 10.3. The summed E-state index contributed by atoms with van der Waals surface area (Å²) in [4.78, 5) is 11.6. The highest BCUT2D eigenvalue weighted by Gasteiger charge is 1.96. The normalized spacial score (nSPS) is 10.2. The van der Waals surface area contributed by atoms with E-state index in [-0.39, 0.29) is 0 Å². The molecular formula is C11H14N4. The van der Waals surface area contributed by atoms with Crippen molar-refractivity contribution in [3.63, 3.8) is 0 Å². The molecule has 0 unspecified atom stereocenters. The second-order valence-corrected chi connectivity index (χ2v) is 3.38. The van der Waals surface area contributed by atoms with Crippen molar-refractivity contribution < 1.29 is 0 Å². The summed E-state index contributed by atoms with van der Waals surface area (Å²) < 4.78 is 0. The first-order chi connectivity index (χ1) is 7.34. The van der Waals surface area contributed by atoms with Gasteiger partial charge in [0.2, 0.25) is 0 Å². The average Bonchev–Trinajstić information content (AvgIpc) is 2.71. The SMILES string of the molecule is Cc1cccc(NCCc2ncc[nH]2)n1. The number of nitrogens with one attached hydrogen (secondary N) is 2. The van der Waals surface area contributed by atoms with Gasteiger partial charge < -0.3 is 10.3 Å². The fraction of sp³-hybridized carbons (Fsp3) is 0.273. The summed E-state index contributed by atoms with van der Waals surface area (Å²) in [6, 6.07) is 5.95. The van der Waals surface area contributed by atoms with Crippen LogP contribution in [0.2, 0.25) is 0 Å². The number of H-pyrrole nitrogens is 1. The Hall–Kier alpha value is -1.84. The molecule has 0 saturated carbocycles. The van der Waals surface area contributed by atoms with Gasteiger partial charge in [0.05, 0.1) is 0 Å². The van der Waals surface area contributed by atoms with Gasteiger partial charge >= 0.3 is 0 Å². The molecule has 0 aliphatic rings. The van der Waals surface area contributed by atoms with Gasteiger partial charge in [0.15, 0.2) is 0 Å². The topological polar surface area (TPSA) is 53.6 Å². The highest BCUT2D eigenvalue weighted by atomic mass is 15.0. The smallest absolute Gasteiger partial charge is 0.126 e. The van der Waals surface area contributed by atoms with E-state index in [0.29, 0.717) is 0 Å². The Balaban J connectivity index is 1.83. The van der Waals surface area contributed by atoms with Crippen molar-refractivity contribution in [3.05, 3.63) is 42.1 Å². The summed E-state index contributed by atoms with van der Waals surface area (Å²) in [7, 11) is 0. The van der Waals surface area contributed by atoms with Gasteiger partial charge in [-0.25, -0.2) is 9.97 Å². The number of hydrogen-bond donors (Lipinski definition) is 2. The Morgan fingerprint density at radius 2 is 2.33 bits per heavy atom. The Kier molecular flexibility index (Phi) is 2.97. The molecule has 0 atom stereocenters. The second kappa shape index (κ2) is 4.59. The molecule has 4 nitrogen and oxygen atoms in total. The molecule has 0 bridgehead atoms. The van der Waals surface area contributed by atoms with Crippen LogP contribution in [-0.2, 0) is 6.42 Å². The predicted molar refractivity (Wildman–Crippen MR) is 59.8 cm³/mol. The number of nitrogens with zero attached hydrogens (tertiary/aromatic N) is 2. The molecule has 15 heavy (non-hydrogen) atoms. The van der Waals surface area contributed by atoms with Gasteiger partial charge in [0, 0.05) is 31.1 Å². The number of imidazole rings is 1. The van der Waals surface area contributed by atoms with Crippen molar-refractivity contribution in [2.24, 2.45) is 0 Å². The zero-order valence-electron chi connectivity index (χ0n) is 8.70. The quantitative estimate of drug-likeness (QED) is 0.794. The molecule has 2 aromatic rings. The molecule has 2 rings (SSSR count). The summed E-state index contributed by atoms with van der Waals surface area (Å²) in [5, 5.41) is 3.25. The highest BCUT2D eigenvalue weighted by molar-refractivity contribution is 5.34. The van der Waals surface area contributed by atoms with E-state index in [0.717, 1.165) is 30.3 Å². The number of pyridine rings is 1. The second-order valence-electron chi connectivity index (χ2n) is 3.38. The van der Waals surface area contributed by atoms with E-state index in [1.807, 2.05) is 31.3 Å². The van der Waals surface area contributed by atoms with Gasteiger partial charge in [-0.2, -0.15) is 0 Å². The van der Waals surface area contributed by atoms with Crippen LogP contribution >= 0.6 is 0 Å². The third-order valence-corrected chi connectivity index (χ3v) is 2.11. The fourth-order valence-corrected chi connectivity index (χ4v) is 1.39. The van der Waals surface area contributed by atoms with Gasteiger partial charge in [-0.05, 0) is 19.1 Å². The molecule has 0 aliphatic heterocycles. The number of aryl methyl sites for hydroxylation is 1. The molecule has 0 amide bonds. The maximum Gasteiger partial charge on any atom is 0.126 e. The van der Waals surface area contributed by atoms with E-state index >= 15 is 0 Å². The molecule has 0 radical (unpaired) electrons. The Bertz CT molecular complexity index is 408.